The minimum atomic E-state index is -0.506. The highest BCUT2D eigenvalue weighted by Gasteiger charge is 2.27. The molecule has 1 atom stereocenters. The van der Waals surface area contributed by atoms with Crippen molar-refractivity contribution in [2.75, 3.05) is 5.73 Å². The average Bonchev–Trinajstić information content (AvgIpc) is 3.34. The predicted octanol–water partition coefficient (Wildman–Crippen LogP) is 5.81. The Morgan fingerprint density at radius 3 is 2.60 bits per heavy atom. The molecule has 40 heavy (non-hydrogen) atoms. The van der Waals surface area contributed by atoms with Crippen molar-refractivity contribution in [3.05, 3.63) is 81.6 Å². The lowest BCUT2D eigenvalue weighted by Crippen LogP contribution is -2.16. The highest BCUT2D eigenvalue weighted by atomic mass is 35.5. The van der Waals surface area contributed by atoms with Gasteiger partial charge in [0, 0.05) is 16.1 Å². The summed E-state index contributed by atoms with van der Waals surface area (Å²) in [5.41, 5.74) is 9.50. The Hall–Kier alpha value is -4.70. The predicted molar refractivity (Wildman–Crippen MR) is 153 cm³/mol. The van der Waals surface area contributed by atoms with Crippen LogP contribution >= 0.6 is 11.6 Å². The molecule has 4 N–H and O–H groups in total. The Balaban J connectivity index is 0.00000103. The van der Waals surface area contributed by atoms with Gasteiger partial charge in [-0.15, -0.1) is 0 Å². The molecule has 204 valence electrons. The number of aromatic hydroxyl groups is 1. The average molecular weight is 560 g/mol. The summed E-state index contributed by atoms with van der Waals surface area (Å²) in [6.45, 7) is 1.67. The summed E-state index contributed by atoms with van der Waals surface area (Å²) in [6, 6.07) is 11.7. The minimum Gasteiger partial charge on any atom is -0.508 e. The molecule has 1 unspecified atom stereocenters. The Kier molecular flexibility index (Phi) is 7.52. The zero-order valence-corrected chi connectivity index (χ0v) is 22.3. The number of nitrogens with two attached hydrogens (primary N) is 1. The molecular weight excluding hydrogens is 534 g/mol. The van der Waals surface area contributed by atoms with Crippen LogP contribution in [0.4, 0.5) is 5.82 Å². The number of aromatic nitrogens is 4. The number of phenolic OH excluding ortho intramolecular Hbond substituents is 1. The van der Waals surface area contributed by atoms with Crippen LogP contribution in [0.1, 0.15) is 50.0 Å². The number of rotatable bonds is 4. The minimum absolute atomic E-state index is 0.000664. The number of fused-ring (bicyclic) bond motifs is 2. The van der Waals surface area contributed by atoms with Crippen LogP contribution in [0.25, 0.3) is 38.6 Å². The van der Waals surface area contributed by atoms with Crippen LogP contribution in [0, 0.1) is 0 Å². The maximum Gasteiger partial charge on any atom is 0.343 e. The molecule has 0 saturated carbocycles. The van der Waals surface area contributed by atoms with E-state index in [9.17, 15) is 9.90 Å². The van der Waals surface area contributed by atoms with Gasteiger partial charge in [0.25, 0.3) is 6.47 Å². The summed E-state index contributed by atoms with van der Waals surface area (Å²) in [7, 11) is 0. The van der Waals surface area contributed by atoms with Gasteiger partial charge >= 0.3 is 5.63 Å². The summed E-state index contributed by atoms with van der Waals surface area (Å²) < 4.78 is 7.73. The first-order valence-corrected chi connectivity index (χ1v) is 13.0. The highest BCUT2D eigenvalue weighted by Crippen LogP contribution is 2.39. The van der Waals surface area contributed by atoms with Gasteiger partial charge in [0.2, 0.25) is 0 Å². The monoisotopic (exact) mass is 559 g/mol. The fourth-order valence-electron chi connectivity index (χ4n) is 5.20. The van der Waals surface area contributed by atoms with Gasteiger partial charge in [-0.25, -0.2) is 19.4 Å². The molecule has 1 aliphatic rings. The molecule has 0 amide bonds. The van der Waals surface area contributed by atoms with Gasteiger partial charge < -0.3 is 20.4 Å². The maximum absolute atomic E-state index is 13.1. The molecule has 6 rings (SSSR count). The van der Waals surface area contributed by atoms with Crippen LogP contribution in [0.3, 0.4) is 0 Å². The SMILES string of the molecule is CC(c1oc(=O)c2ccccc2c1C1=CCCCC1)n1nc(-c2cc(O)cc(Cl)c2)c2c(N)ncnc21.O=CO. The van der Waals surface area contributed by atoms with Gasteiger partial charge in [0.1, 0.15) is 35.4 Å². The van der Waals surface area contributed by atoms with Crippen molar-refractivity contribution in [3.63, 3.8) is 0 Å². The van der Waals surface area contributed by atoms with Gasteiger partial charge in [-0.2, -0.15) is 5.10 Å². The van der Waals surface area contributed by atoms with E-state index >= 15 is 0 Å². The smallest absolute Gasteiger partial charge is 0.343 e. The fourth-order valence-corrected chi connectivity index (χ4v) is 5.43. The number of benzene rings is 2. The molecule has 3 aromatic heterocycles. The second-order valence-electron chi connectivity index (χ2n) is 9.38. The van der Waals surface area contributed by atoms with E-state index in [1.807, 2.05) is 25.1 Å². The molecule has 2 aromatic carbocycles. The Labute approximate surface area is 233 Å². The summed E-state index contributed by atoms with van der Waals surface area (Å²) in [5, 5.41) is 24.2. The quantitative estimate of drug-likeness (QED) is 0.231. The van der Waals surface area contributed by atoms with E-state index in [0.717, 1.165) is 36.6 Å². The first-order valence-electron chi connectivity index (χ1n) is 12.7. The number of carbonyl (C=O) groups is 1. The lowest BCUT2D eigenvalue weighted by Gasteiger charge is -2.21. The molecule has 11 heteroatoms. The van der Waals surface area contributed by atoms with Gasteiger partial charge in [-0.1, -0.05) is 35.9 Å². The van der Waals surface area contributed by atoms with Crippen molar-refractivity contribution in [2.24, 2.45) is 0 Å². The molecule has 10 nitrogen and oxygen atoms in total. The maximum atomic E-state index is 13.1. The van der Waals surface area contributed by atoms with Gasteiger partial charge in [0.05, 0.1) is 10.8 Å². The van der Waals surface area contributed by atoms with E-state index in [1.165, 1.54) is 18.0 Å². The number of hydrogen-bond donors (Lipinski definition) is 3. The lowest BCUT2D eigenvalue weighted by atomic mass is 9.89. The van der Waals surface area contributed by atoms with E-state index in [-0.39, 0.29) is 18.0 Å². The largest absolute Gasteiger partial charge is 0.508 e. The lowest BCUT2D eigenvalue weighted by molar-refractivity contribution is -0.122. The van der Waals surface area contributed by atoms with Gasteiger partial charge in [0.15, 0.2) is 5.65 Å². The molecule has 0 saturated heterocycles. The normalized spacial score (nSPS) is 13.9. The second kappa shape index (κ2) is 11.2. The third-order valence-corrected chi connectivity index (χ3v) is 7.12. The van der Waals surface area contributed by atoms with Crippen LogP contribution in [-0.4, -0.2) is 36.4 Å². The third kappa shape index (κ3) is 4.89. The van der Waals surface area contributed by atoms with Crippen LogP contribution in [-0.2, 0) is 4.79 Å². The molecule has 3 heterocycles. The number of hydrogen-bond acceptors (Lipinski definition) is 8. The van der Waals surface area contributed by atoms with Crippen molar-refractivity contribution in [1.29, 1.82) is 0 Å². The molecular formula is C29H26ClN5O5. The fraction of sp³-hybridized carbons (Fsp3) is 0.207. The molecule has 0 aliphatic heterocycles. The standard InChI is InChI=1S/C28H24ClN5O3.CH2O2/c1-15(25-22(16-7-3-2-4-8-16)20-9-5-6-10-21(20)28(36)37-25)34-27-23(26(30)31-14-32-27)24(33-34)17-11-18(29)13-19(35)12-17;2-1-3/h5-7,9-15,35H,2-4,8H2,1H3,(H2,30,31,32);1H,(H,2,3). The number of nitrogen functional groups attached to an aromatic ring is 1. The van der Waals surface area contributed by atoms with Crippen LogP contribution in [0.15, 0.2) is 64.1 Å². The highest BCUT2D eigenvalue weighted by molar-refractivity contribution is 6.31. The Bertz CT molecular complexity index is 1810. The van der Waals surface area contributed by atoms with E-state index in [4.69, 9.17) is 36.8 Å². The number of phenols is 1. The third-order valence-electron chi connectivity index (χ3n) is 6.90. The first-order chi connectivity index (χ1) is 19.3. The Morgan fingerprint density at radius 1 is 1.15 bits per heavy atom. The summed E-state index contributed by atoms with van der Waals surface area (Å²) in [5.74, 6) is 0.757. The van der Waals surface area contributed by atoms with E-state index in [2.05, 4.69) is 16.0 Å². The molecule has 0 fully saturated rings. The van der Waals surface area contributed by atoms with Crippen molar-refractivity contribution in [3.8, 4) is 17.0 Å². The van der Waals surface area contributed by atoms with Gasteiger partial charge in [-0.05, 0) is 67.8 Å². The Morgan fingerprint density at radius 2 is 1.90 bits per heavy atom. The number of allylic oxidation sites excluding steroid dienone is 2. The van der Waals surface area contributed by atoms with E-state index in [1.54, 1.807) is 22.9 Å². The summed E-state index contributed by atoms with van der Waals surface area (Å²) in [4.78, 5) is 30.1. The zero-order valence-electron chi connectivity index (χ0n) is 21.5. The molecule has 5 aromatic rings. The topological polar surface area (TPSA) is 157 Å². The molecule has 0 bridgehead atoms. The van der Waals surface area contributed by atoms with E-state index < -0.39 is 11.7 Å². The van der Waals surface area contributed by atoms with Crippen molar-refractivity contribution in [1.82, 2.24) is 19.7 Å². The first kappa shape index (κ1) is 26.9. The van der Waals surface area contributed by atoms with Crippen molar-refractivity contribution < 1.29 is 19.4 Å². The number of halogens is 1. The van der Waals surface area contributed by atoms with Crippen LogP contribution in [0.5, 0.6) is 5.75 Å². The molecule has 0 spiro atoms. The zero-order chi connectivity index (χ0) is 28.4. The van der Waals surface area contributed by atoms with Crippen LogP contribution < -0.4 is 11.4 Å². The van der Waals surface area contributed by atoms with E-state index in [0.29, 0.717) is 38.5 Å². The summed E-state index contributed by atoms with van der Waals surface area (Å²) in [6.07, 6.45) is 7.71. The van der Waals surface area contributed by atoms with Crippen LogP contribution in [0.2, 0.25) is 5.02 Å². The number of nitrogens with zero attached hydrogens (tertiary/aromatic N) is 4. The molecule has 0 radical (unpaired) electrons. The molecule has 1 aliphatic carbocycles. The second-order valence-corrected chi connectivity index (χ2v) is 9.82. The number of carboxylic acid groups (broad SMARTS) is 1. The van der Waals surface area contributed by atoms with Crippen molar-refractivity contribution in [2.45, 2.75) is 38.6 Å². The summed E-state index contributed by atoms with van der Waals surface area (Å²) >= 11 is 6.22. The van der Waals surface area contributed by atoms with Crippen molar-refractivity contribution >= 4 is 51.3 Å². The van der Waals surface area contributed by atoms with Gasteiger partial charge in [-0.3, -0.25) is 4.79 Å². The number of anilines is 1.